The van der Waals surface area contributed by atoms with Crippen LogP contribution in [0.1, 0.15) is 120 Å². The molecule has 3 aliphatic rings. The van der Waals surface area contributed by atoms with Crippen LogP contribution in [0, 0.1) is 17.8 Å². The van der Waals surface area contributed by atoms with Crippen LogP contribution < -0.4 is 10.6 Å². The minimum atomic E-state index is -0.816. The molecule has 0 bridgehead atoms. The predicted octanol–water partition coefficient (Wildman–Crippen LogP) is 5.46. The van der Waals surface area contributed by atoms with Gasteiger partial charge in [0.05, 0.1) is 13.0 Å². The molecule has 3 saturated heterocycles. The number of hydrogen-bond donors (Lipinski definition) is 2. The Kier molecular flexibility index (Phi) is 13.6. The molecule has 1 aromatic heterocycles. The first-order valence-electron chi connectivity index (χ1n) is 19.6. The molecule has 4 heterocycles. The Labute approximate surface area is 324 Å². The third kappa shape index (κ3) is 8.99. The number of nitrogens with zero attached hydrogens (tertiary/aromatic N) is 3. The summed E-state index contributed by atoms with van der Waals surface area (Å²) in [5.74, 6) is -2.03. The minimum absolute atomic E-state index is 0.0326. The number of likely N-dealkylation sites (N-methyl/N-ethyl adjacent to an activating group) is 1. The van der Waals surface area contributed by atoms with Crippen LogP contribution in [0.3, 0.4) is 0 Å². The van der Waals surface area contributed by atoms with E-state index in [-0.39, 0.29) is 53.8 Å². The average Bonchev–Trinajstić information content (AvgIpc) is 3.62. The first kappa shape index (κ1) is 41.3. The van der Waals surface area contributed by atoms with E-state index in [9.17, 15) is 24.0 Å². The van der Waals surface area contributed by atoms with E-state index in [1.165, 1.54) is 31.8 Å². The fraction of sp³-hybridized carbons (Fsp3) is 0.659. The molecule has 5 rings (SSSR count). The van der Waals surface area contributed by atoms with E-state index in [1.807, 2.05) is 58.0 Å². The highest BCUT2D eigenvalue weighted by Crippen LogP contribution is 2.55. The quantitative estimate of drug-likeness (QED) is 0.189. The predicted molar refractivity (Wildman–Crippen MR) is 206 cm³/mol. The van der Waals surface area contributed by atoms with Crippen molar-refractivity contribution < 1.29 is 33.4 Å². The van der Waals surface area contributed by atoms with Gasteiger partial charge in [-0.2, -0.15) is 0 Å². The van der Waals surface area contributed by atoms with E-state index < -0.39 is 35.5 Å². The normalized spacial score (nSPS) is 23.6. The Hall–Kier alpha value is -3.84. The molecule has 3 aliphatic heterocycles. The van der Waals surface area contributed by atoms with Crippen molar-refractivity contribution in [3.8, 4) is 0 Å². The van der Waals surface area contributed by atoms with E-state index >= 15 is 0 Å². The lowest BCUT2D eigenvalue weighted by Gasteiger charge is -2.70. The molecule has 3 fully saturated rings. The maximum atomic E-state index is 14.4. The molecule has 2 N–H and O–H groups in total. The highest BCUT2D eigenvalue weighted by atomic mass is 32.1. The van der Waals surface area contributed by atoms with Crippen LogP contribution in [0.5, 0.6) is 0 Å². The van der Waals surface area contributed by atoms with Gasteiger partial charge in [0.2, 0.25) is 11.8 Å². The minimum Gasteiger partial charge on any atom is -0.469 e. The van der Waals surface area contributed by atoms with E-state index in [2.05, 4.69) is 20.5 Å². The van der Waals surface area contributed by atoms with Crippen molar-refractivity contribution in [2.75, 3.05) is 14.2 Å². The van der Waals surface area contributed by atoms with Gasteiger partial charge in [-0.3, -0.25) is 28.9 Å². The highest BCUT2D eigenvalue weighted by Gasteiger charge is 2.66. The zero-order valence-electron chi connectivity index (χ0n) is 33.1. The molecule has 3 amide bonds. The lowest BCUT2D eigenvalue weighted by atomic mass is 9.61. The number of nitrogens with one attached hydrogen (secondary N) is 2. The van der Waals surface area contributed by atoms with Crippen molar-refractivity contribution in [1.29, 1.82) is 0 Å². The Bertz CT molecular complexity index is 1640. The third-order valence-electron chi connectivity index (χ3n) is 12.0. The van der Waals surface area contributed by atoms with Crippen LogP contribution in [0.15, 0.2) is 35.7 Å². The molecule has 13 heteroatoms. The standard InChI is InChI=1S/C41H59N5O7S/c1-9-25(4)35(44-40(51)41-17-13-16-30-20-31(22-41)46(30)41)38(49)45(7)33(24(2)3)21-34(53-27(6)47)37-43-32(23-54-37)36(48)42-29(18-26(5)39(50)52-8)19-28-14-11-10-12-15-28/h10-12,14-15,23-26,29-31,33-35H,9,13,16-22H2,1-8H3,(H,42,48)(H,44,51)/t25-,26-,29+,30?,31?,33+,34+,35-,41?/m0/s1. The Morgan fingerprint density at radius 3 is 2.41 bits per heavy atom. The first-order chi connectivity index (χ1) is 25.7. The van der Waals surface area contributed by atoms with Gasteiger partial charge in [-0.15, -0.1) is 11.3 Å². The Balaban J connectivity index is 1.30. The molecule has 2 aromatic rings. The number of methoxy groups -OCH3 is 1. The van der Waals surface area contributed by atoms with Crippen LogP contribution in [0.25, 0.3) is 0 Å². The maximum absolute atomic E-state index is 14.4. The molecule has 54 heavy (non-hydrogen) atoms. The van der Waals surface area contributed by atoms with Gasteiger partial charge < -0.3 is 25.0 Å². The average molecular weight is 766 g/mol. The van der Waals surface area contributed by atoms with Crippen molar-refractivity contribution in [1.82, 2.24) is 25.4 Å². The van der Waals surface area contributed by atoms with E-state index in [0.29, 0.717) is 36.4 Å². The smallest absolute Gasteiger partial charge is 0.308 e. The SMILES string of the molecule is CC[C@H](C)[C@H](NC(=O)C12CCCC3CC(C1)N32)C(=O)N(C)[C@H](C[C@@H](OC(C)=O)c1nc(C(=O)N[C@@H](Cc2ccccc2)C[C@H](C)C(=O)OC)cs1)C(C)C. The van der Waals surface area contributed by atoms with Gasteiger partial charge in [-0.1, -0.05) is 71.4 Å². The van der Waals surface area contributed by atoms with Crippen LogP contribution in [-0.2, 0) is 35.1 Å². The number of esters is 2. The van der Waals surface area contributed by atoms with Crippen LogP contribution in [0.4, 0.5) is 0 Å². The molecule has 12 nitrogen and oxygen atoms in total. The lowest BCUT2D eigenvalue weighted by Crippen LogP contribution is -2.82. The fourth-order valence-corrected chi connectivity index (χ4v) is 9.70. The summed E-state index contributed by atoms with van der Waals surface area (Å²) in [4.78, 5) is 75.4. The number of carbonyl (C=O) groups excluding carboxylic acids is 5. The lowest BCUT2D eigenvalue weighted by molar-refractivity contribution is -0.210. The molecule has 0 aliphatic carbocycles. The van der Waals surface area contributed by atoms with Gasteiger partial charge in [-0.05, 0) is 62.3 Å². The van der Waals surface area contributed by atoms with E-state index in [4.69, 9.17) is 9.47 Å². The maximum Gasteiger partial charge on any atom is 0.308 e. The zero-order chi connectivity index (χ0) is 39.3. The van der Waals surface area contributed by atoms with Crippen molar-refractivity contribution in [2.45, 2.75) is 141 Å². The number of thiazole rings is 1. The molecule has 3 unspecified atom stereocenters. The van der Waals surface area contributed by atoms with Gasteiger partial charge in [0.1, 0.15) is 22.3 Å². The van der Waals surface area contributed by atoms with Crippen molar-refractivity contribution in [3.05, 3.63) is 52.0 Å². The van der Waals surface area contributed by atoms with Crippen molar-refractivity contribution in [2.24, 2.45) is 17.8 Å². The summed E-state index contributed by atoms with van der Waals surface area (Å²) in [5, 5.41) is 8.36. The number of benzene rings is 1. The number of aromatic nitrogens is 1. The molecule has 1 aromatic carbocycles. The second kappa shape index (κ2) is 17.7. The molecule has 296 valence electrons. The molecule has 0 radical (unpaired) electrons. The topological polar surface area (TPSA) is 147 Å². The van der Waals surface area contributed by atoms with E-state index in [0.717, 1.165) is 31.2 Å². The van der Waals surface area contributed by atoms with Crippen LogP contribution in [-0.4, -0.2) is 94.3 Å². The zero-order valence-corrected chi connectivity index (χ0v) is 33.9. The third-order valence-corrected chi connectivity index (χ3v) is 13.0. The number of ether oxygens (including phenoxy) is 2. The number of carbonyl (C=O) groups is 5. The summed E-state index contributed by atoms with van der Waals surface area (Å²) in [6.07, 6.45) is 6.05. The van der Waals surface area contributed by atoms with Gasteiger partial charge in [0.15, 0.2) is 6.10 Å². The summed E-state index contributed by atoms with van der Waals surface area (Å²) in [5.41, 5.74) is 0.688. The fourth-order valence-electron chi connectivity index (χ4n) is 8.86. The molecular weight excluding hydrogens is 707 g/mol. The van der Waals surface area contributed by atoms with Gasteiger partial charge >= 0.3 is 11.9 Å². The number of piperidine rings is 2. The number of amides is 3. The number of hydrogen-bond acceptors (Lipinski definition) is 10. The number of rotatable bonds is 18. The molecule has 9 atom stereocenters. The molecular formula is C41H59N5O7S. The van der Waals surface area contributed by atoms with Gasteiger partial charge in [-0.25, -0.2) is 4.98 Å². The van der Waals surface area contributed by atoms with Gasteiger partial charge in [0, 0.05) is 49.9 Å². The monoisotopic (exact) mass is 765 g/mol. The van der Waals surface area contributed by atoms with E-state index in [1.54, 1.807) is 24.3 Å². The molecule has 0 spiro atoms. The highest BCUT2D eigenvalue weighted by molar-refractivity contribution is 7.09. The Morgan fingerprint density at radius 1 is 1.06 bits per heavy atom. The van der Waals surface area contributed by atoms with Crippen molar-refractivity contribution >= 4 is 41.0 Å². The van der Waals surface area contributed by atoms with Crippen LogP contribution in [0.2, 0.25) is 0 Å². The van der Waals surface area contributed by atoms with Crippen molar-refractivity contribution in [3.63, 3.8) is 0 Å². The molecule has 0 saturated carbocycles. The van der Waals surface area contributed by atoms with Gasteiger partial charge in [0.25, 0.3) is 5.91 Å². The summed E-state index contributed by atoms with van der Waals surface area (Å²) in [7, 11) is 3.10. The second-order valence-electron chi connectivity index (χ2n) is 16.1. The first-order valence-corrected chi connectivity index (χ1v) is 20.5. The largest absolute Gasteiger partial charge is 0.469 e. The summed E-state index contributed by atoms with van der Waals surface area (Å²) < 4.78 is 10.8. The second-order valence-corrected chi connectivity index (χ2v) is 17.0. The summed E-state index contributed by atoms with van der Waals surface area (Å²) in [6.45, 7) is 11.2. The van der Waals surface area contributed by atoms with Crippen LogP contribution >= 0.6 is 11.3 Å². The summed E-state index contributed by atoms with van der Waals surface area (Å²) >= 11 is 1.22. The Morgan fingerprint density at radius 2 is 1.78 bits per heavy atom. The summed E-state index contributed by atoms with van der Waals surface area (Å²) in [6, 6.07) is 9.25.